The molecule has 1 fully saturated rings. The quantitative estimate of drug-likeness (QED) is 0.658. The van der Waals surface area contributed by atoms with Crippen LogP contribution in [0.25, 0.3) is 0 Å². The van der Waals surface area contributed by atoms with Crippen LogP contribution < -0.4 is 0 Å². The molecule has 1 amide bonds. The first-order chi connectivity index (χ1) is 7.66. The molecule has 0 radical (unpaired) electrons. The molecule has 0 atom stereocenters. The van der Waals surface area contributed by atoms with E-state index in [9.17, 15) is 9.59 Å². The largest absolute Gasteiger partial charge is 0.373 e. The molecular formula is C12H18N2O2. The van der Waals surface area contributed by atoms with Crippen molar-refractivity contribution in [3.63, 3.8) is 0 Å². The first-order valence-corrected chi connectivity index (χ1v) is 5.90. The van der Waals surface area contributed by atoms with Crippen molar-refractivity contribution in [1.29, 1.82) is 0 Å². The van der Waals surface area contributed by atoms with Gasteiger partial charge in [0.1, 0.15) is 0 Å². The van der Waals surface area contributed by atoms with E-state index in [0.717, 1.165) is 44.7 Å². The predicted octanol–water partition coefficient (Wildman–Crippen LogP) is 0.787. The highest BCUT2D eigenvalue weighted by Crippen LogP contribution is 2.20. The third kappa shape index (κ3) is 2.43. The van der Waals surface area contributed by atoms with E-state index in [4.69, 9.17) is 0 Å². The molecule has 16 heavy (non-hydrogen) atoms. The Balaban J connectivity index is 1.96. The Morgan fingerprint density at radius 1 is 1.19 bits per heavy atom. The van der Waals surface area contributed by atoms with Crippen molar-refractivity contribution in [3.05, 3.63) is 11.8 Å². The van der Waals surface area contributed by atoms with Crippen LogP contribution in [0.2, 0.25) is 0 Å². The Morgan fingerprint density at radius 2 is 2.00 bits per heavy atom. The third-order valence-electron chi connectivity index (χ3n) is 3.30. The lowest BCUT2D eigenvalue weighted by Gasteiger charge is -2.24. The van der Waals surface area contributed by atoms with Crippen LogP contribution in [-0.2, 0) is 9.59 Å². The number of carbonyl (C=O) groups is 2. The maximum absolute atomic E-state index is 11.3. The van der Waals surface area contributed by atoms with Crippen molar-refractivity contribution in [2.24, 2.45) is 0 Å². The Morgan fingerprint density at radius 3 is 2.62 bits per heavy atom. The second-order valence-electron chi connectivity index (χ2n) is 4.45. The summed E-state index contributed by atoms with van der Waals surface area (Å²) in [5, 5.41) is 0. The predicted molar refractivity (Wildman–Crippen MR) is 60.8 cm³/mol. The molecule has 1 aliphatic carbocycles. The van der Waals surface area contributed by atoms with Crippen LogP contribution in [-0.4, -0.2) is 47.7 Å². The van der Waals surface area contributed by atoms with Gasteiger partial charge in [0.05, 0.1) is 0 Å². The molecule has 0 N–H and O–H groups in total. The summed E-state index contributed by atoms with van der Waals surface area (Å²) in [7, 11) is 0. The van der Waals surface area contributed by atoms with Crippen molar-refractivity contribution in [3.8, 4) is 0 Å². The monoisotopic (exact) mass is 222 g/mol. The van der Waals surface area contributed by atoms with Gasteiger partial charge in [0, 0.05) is 51.3 Å². The van der Waals surface area contributed by atoms with E-state index < -0.39 is 0 Å². The fourth-order valence-electron chi connectivity index (χ4n) is 2.35. The summed E-state index contributed by atoms with van der Waals surface area (Å²) >= 11 is 0. The fourth-order valence-corrected chi connectivity index (χ4v) is 2.35. The van der Waals surface area contributed by atoms with Crippen LogP contribution in [0, 0.1) is 0 Å². The molecule has 1 saturated heterocycles. The lowest BCUT2D eigenvalue weighted by atomic mass is 10.3. The minimum absolute atomic E-state index is 0.151. The van der Waals surface area contributed by atoms with Crippen LogP contribution in [0.15, 0.2) is 11.8 Å². The number of hydrogen-bond acceptors (Lipinski definition) is 3. The van der Waals surface area contributed by atoms with Gasteiger partial charge in [-0.25, -0.2) is 0 Å². The van der Waals surface area contributed by atoms with Crippen molar-refractivity contribution < 1.29 is 9.59 Å². The second kappa shape index (κ2) is 4.68. The summed E-state index contributed by atoms with van der Waals surface area (Å²) in [4.78, 5) is 26.6. The van der Waals surface area contributed by atoms with Gasteiger partial charge in [-0.1, -0.05) is 0 Å². The summed E-state index contributed by atoms with van der Waals surface area (Å²) in [6.45, 7) is 5.06. The molecule has 0 saturated carbocycles. The molecule has 0 aromatic heterocycles. The van der Waals surface area contributed by atoms with Crippen molar-refractivity contribution in [2.45, 2.75) is 26.2 Å². The van der Waals surface area contributed by atoms with Gasteiger partial charge in [-0.2, -0.15) is 0 Å². The molecule has 0 aromatic rings. The normalized spacial score (nSPS) is 22.1. The Kier molecular flexibility index (Phi) is 3.27. The molecule has 0 aromatic carbocycles. The molecule has 88 valence electrons. The highest BCUT2D eigenvalue weighted by atomic mass is 16.2. The van der Waals surface area contributed by atoms with E-state index >= 15 is 0 Å². The van der Waals surface area contributed by atoms with Crippen LogP contribution in [0.4, 0.5) is 0 Å². The highest BCUT2D eigenvalue weighted by molar-refractivity contribution is 5.92. The molecule has 1 aliphatic heterocycles. The van der Waals surface area contributed by atoms with Crippen molar-refractivity contribution >= 4 is 11.7 Å². The zero-order chi connectivity index (χ0) is 11.5. The molecule has 2 rings (SSSR count). The standard InChI is InChI=1S/C12H18N2O2/c1-10(15)13-5-2-6-14(8-7-13)11-3-4-12(16)9-11/h9H,2-8H2,1H3. The number of amides is 1. The lowest BCUT2D eigenvalue weighted by molar-refractivity contribution is -0.128. The zero-order valence-corrected chi connectivity index (χ0v) is 9.74. The van der Waals surface area contributed by atoms with E-state index in [1.54, 1.807) is 13.0 Å². The number of rotatable bonds is 1. The Labute approximate surface area is 95.9 Å². The Hall–Kier alpha value is -1.32. The van der Waals surface area contributed by atoms with Gasteiger partial charge < -0.3 is 9.80 Å². The summed E-state index contributed by atoms with van der Waals surface area (Å²) < 4.78 is 0. The molecule has 0 bridgehead atoms. The molecular weight excluding hydrogens is 204 g/mol. The SMILES string of the molecule is CC(=O)N1CCCN(C2=CC(=O)CC2)CC1. The van der Waals surface area contributed by atoms with Crippen LogP contribution in [0.5, 0.6) is 0 Å². The molecule has 4 nitrogen and oxygen atoms in total. The van der Waals surface area contributed by atoms with Gasteiger partial charge in [-0.3, -0.25) is 9.59 Å². The molecule has 1 heterocycles. The van der Waals surface area contributed by atoms with Crippen molar-refractivity contribution in [2.75, 3.05) is 26.2 Å². The molecule has 4 heteroatoms. The smallest absolute Gasteiger partial charge is 0.219 e. The summed E-state index contributed by atoms with van der Waals surface area (Å²) in [5.74, 6) is 0.390. The average molecular weight is 222 g/mol. The third-order valence-corrected chi connectivity index (χ3v) is 3.30. The van der Waals surface area contributed by atoms with Gasteiger partial charge >= 0.3 is 0 Å². The van der Waals surface area contributed by atoms with E-state index in [2.05, 4.69) is 4.90 Å². The molecule has 0 spiro atoms. The first kappa shape index (κ1) is 11.2. The zero-order valence-electron chi connectivity index (χ0n) is 9.74. The number of ketones is 1. The fraction of sp³-hybridized carbons (Fsp3) is 0.667. The highest BCUT2D eigenvalue weighted by Gasteiger charge is 2.21. The summed E-state index contributed by atoms with van der Waals surface area (Å²) in [6.07, 6.45) is 4.29. The van der Waals surface area contributed by atoms with Crippen LogP contribution in [0.1, 0.15) is 26.2 Å². The number of allylic oxidation sites excluding steroid dienone is 2. The van der Waals surface area contributed by atoms with Gasteiger partial charge in [0.25, 0.3) is 0 Å². The first-order valence-electron chi connectivity index (χ1n) is 5.90. The maximum Gasteiger partial charge on any atom is 0.219 e. The van der Waals surface area contributed by atoms with Crippen LogP contribution in [0.3, 0.4) is 0 Å². The summed E-state index contributed by atoms with van der Waals surface area (Å²) in [5.41, 5.74) is 1.16. The second-order valence-corrected chi connectivity index (χ2v) is 4.45. The number of carbonyl (C=O) groups excluding carboxylic acids is 2. The van der Waals surface area contributed by atoms with Crippen molar-refractivity contribution in [1.82, 2.24) is 9.80 Å². The van der Waals surface area contributed by atoms with Crippen LogP contribution >= 0.6 is 0 Å². The minimum atomic E-state index is 0.151. The molecule has 0 unspecified atom stereocenters. The maximum atomic E-state index is 11.3. The van der Waals surface area contributed by atoms with E-state index in [1.807, 2.05) is 4.90 Å². The van der Waals surface area contributed by atoms with Gasteiger partial charge in [-0.05, 0) is 12.8 Å². The van der Waals surface area contributed by atoms with E-state index in [0.29, 0.717) is 6.42 Å². The van der Waals surface area contributed by atoms with E-state index in [1.165, 1.54) is 0 Å². The van der Waals surface area contributed by atoms with Gasteiger partial charge in [-0.15, -0.1) is 0 Å². The summed E-state index contributed by atoms with van der Waals surface area (Å²) in [6, 6.07) is 0. The van der Waals surface area contributed by atoms with Gasteiger partial charge in [0.15, 0.2) is 5.78 Å². The number of nitrogens with zero attached hydrogens (tertiary/aromatic N) is 2. The Bertz CT molecular complexity index is 336. The number of hydrogen-bond donors (Lipinski definition) is 0. The average Bonchev–Trinajstić information content (AvgIpc) is 2.54. The molecule has 2 aliphatic rings. The minimum Gasteiger partial charge on any atom is -0.373 e. The topological polar surface area (TPSA) is 40.6 Å². The van der Waals surface area contributed by atoms with E-state index in [-0.39, 0.29) is 11.7 Å². The van der Waals surface area contributed by atoms with Gasteiger partial charge in [0.2, 0.25) is 5.91 Å². The lowest BCUT2D eigenvalue weighted by Crippen LogP contribution is -2.33.